The number of fused-ring (bicyclic) bond motifs is 1. The number of hydrogen-bond acceptors (Lipinski definition) is 7. The highest BCUT2D eigenvalue weighted by atomic mass is 32.1. The molecule has 30 heavy (non-hydrogen) atoms. The summed E-state index contributed by atoms with van der Waals surface area (Å²) >= 11 is 1.49. The van der Waals surface area contributed by atoms with E-state index in [0.29, 0.717) is 18.2 Å². The number of anilines is 1. The van der Waals surface area contributed by atoms with Crippen molar-refractivity contribution in [1.82, 2.24) is 25.2 Å². The molecule has 3 aromatic rings. The van der Waals surface area contributed by atoms with E-state index in [0.717, 1.165) is 35.5 Å². The third-order valence-corrected chi connectivity index (χ3v) is 5.82. The van der Waals surface area contributed by atoms with E-state index in [1.807, 2.05) is 50.4 Å². The fraction of sp³-hybridized carbons (Fsp3) is 0.455. The Hall–Kier alpha value is -2.58. The lowest BCUT2D eigenvalue weighted by Gasteiger charge is -2.16. The molecule has 160 valence electrons. The van der Waals surface area contributed by atoms with Gasteiger partial charge in [0.2, 0.25) is 5.95 Å². The number of nitrogens with one attached hydrogen (secondary N) is 2. The molecular weight excluding hydrogens is 396 g/mol. The number of hydrogen-bond donors (Lipinski definition) is 2. The summed E-state index contributed by atoms with van der Waals surface area (Å²) in [6.07, 6.45) is 4.26. The van der Waals surface area contributed by atoms with Crippen LogP contribution in [0.1, 0.15) is 55.8 Å². The highest BCUT2D eigenvalue weighted by Gasteiger charge is 2.18. The maximum atomic E-state index is 12.8. The van der Waals surface area contributed by atoms with Gasteiger partial charge in [0.25, 0.3) is 5.91 Å². The molecule has 3 aromatic heterocycles. The van der Waals surface area contributed by atoms with Crippen molar-refractivity contribution in [2.45, 2.75) is 39.7 Å². The monoisotopic (exact) mass is 426 g/mol. The summed E-state index contributed by atoms with van der Waals surface area (Å²) in [5.41, 5.74) is 2.10. The van der Waals surface area contributed by atoms with Crippen molar-refractivity contribution in [3.63, 3.8) is 0 Å². The molecule has 0 unspecified atom stereocenters. The minimum absolute atomic E-state index is 0.0663. The Labute approximate surface area is 182 Å². The van der Waals surface area contributed by atoms with Gasteiger partial charge in [-0.2, -0.15) is 0 Å². The van der Waals surface area contributed by atoms with Crippen LogP contribution < -0.4 is 10.6 Å². The third-order valence-electron chi connectivity index (χ3n) is 4.91. The Balaban J connectivity index is 0.00000124. The second-order valence-corrected chi connectivity index (χ2v) is 7.87. The summed E-state index contributed by atoms with van der Waals surface area (Å²) in [6.45, 7) is 9.75. The van der Waals surface area contributed by atoms with Gasteiger partial charge in [0.15, 0.2) is 5.69 Å². The van der Waals surface area contributed by atoms with Crippen molar-refractivity contribution in [1.29, 1.82) is 0 Å². The summed E-state index contributed by atoms with van der Waals surface area (Å²) in [5, 5.41) is 8.22. The number of carbonyl (C=O) groups is 1. The normalized spacial score (nSPS) is 14.8. The molecule has 0 spiro atoms. The van der Waals surface area contributed by atoms with E-state index < -0.39 is 0 Å². The summed E-state index contributed by atoms with van der Waals surface area (Å²) in [4.78, 5) is 28.6. The Kier molecular flexibility index (Phi) is 8.10. The summed E-state index contributed by atoms with van der Waals surface area (Å²) in [6, 6.07) is 7.63. The first kappa shape index (κ1) is 22.1. The number of aromatic nitrogens is 3. The van der Waals surface area contributed by atoms with Crippen LogP contribution >= 0.6 is 11.3 Å². The Morgan fingerprint density at radius 1 is 1.20 bits per heavy atom. The molecule has 1 amide bonds. The number of thiophene rings is 1. The van der Waals surface area contributed by atoms with Crippen LogP contribution in [0.15, 0.2) is 35.8 Å². The fourth-order valence-corrected chi connectivity index (χ4v) is 4.22. The number of nitrogens with zero attached hydrogens (tertiary/aromatic N) is 4. The molecule has 0 radical (unpaired) electrons. The van der Waals surface area contributed by atoms with Crippen LogP contribution in [0.25, 0.3) is 10.2 Å². The Bertz CT molecular complexity index is 939. The van der Waals surface area contributed by atoms with E-state index in [-0.39, 0.29) is 11.9 Å². The third kappa shape index (κ3) is 5.52. The standard InChI is InChI=1S/C20H24N6OS.C2H6/c1-14(15-6-2-3-8-21-15)23-20-24-16-7-13-28-18(16)17(25-20)19(27)22-9-12-26-10-4-5-11-26;1-2/h2-3,6-8,13-14H,4-5,9-12H2,1H3,(H,22,27)(H,23,24,25);1-2H3/t14-;/m0./s1. The molecule has 1 aliphatic heterocycles. The van der Waals surface area contributed by atoms with Gasteiger partial charge in [-0.25, -0.2) is 9.97 Å². The topological polar surface area (TPSA) is 83.0 Å². The summed E-state index contributed by atoms with van der Waals surface area (Å²) in [7, 11) is 0. The van der Waals surface area contributed by atoms with Crippen LogP contribution in [-0.4, -0.2) is 51.9 Å². The van der Waals surface area contributed by atoms with Crippen LogP contribution in [0.4, 0.5) is 5.95 Å². The van der Waals surface area contributed by atoms with Crippen molar-refractivity contribution in [2.75, 3.05) is 31.5 Å². The average Bonchev–Trinajstić information content (AvgIpc) is 3.47. The zero-order valence-electron chi connectivity index (χ0n) is 17.9. The van der Waals surface area contributed by atoms with E-state index >= 15 is 0 Å². The maximum absolute atomic E-state index is 12.8. The van der Waals surface area contributed by atoms with E-state index in [1.54, 1.807) is 6.20 Å². The van der Waals surface area contributed by atoms with E-state index in [2.05, 4.69) is 30.5 Å². The Morgan fingerprint density at radius 3 is 2.73 bits per heavy atom. The van der Waals surface area contributed by atoms with Crippen LogP contribution in [0.3, 0.4) is 0 Å². The quantitative estimate of drug-likeness (QED) is 0.592. The molecule has 1 atom stereocenters. The molecule has 4 rings (SSSR count). The zero-order valence-corrected chi connectivity index (χ0v) is 18.7. The number of pyridine rings is 1. The van der Waals surface area contributed by atoms with Crippen molar-refractivity contribution in [2.24, 2.45) is 0 Å². The van der Waals surface area contributed by atoms with Crippen LogP contribution in [-0.2, 0) is 0 Å². The molecule has 4 heterocycles. The van der Waals surface area contributed by atoms with Crippen molar-refractivity contribution in [3.05, 3.63) is 47.2 Å². The molecule has 1 fully saturated rings. The SMILES string of the molecule is CC.C[C@H](Nc1nc(C(=O)NCCN2CCCC2)c2sccc2n1)c1ccccn1. The van der Waals surface area contributed by atoms with Gasteiger partial charge in [0, 0.05) is 19.3 Å². The van der Waals surface area contributed by atoms with Gasteiger partial charge < -0.3 is 15.5 Å². The van der Waals surface area contributed by atoms with E-state index in [4.69, 9.17) is 0 Å². The van der Waals surface area contributed by atoms with Crippen LogP contribution in [0.5, 0.6) is 0 Å². The predicted octanol–water partition coefficient (Wildman–Crippen LogP) is 4.11. The van der Waals surface area contributed by atoms with Gasteiger partial charge in [-0.1, -0.05) is 19.9 Å². The summed E-state index contributed by atoms with van der Waals surface area (Å²) < 4.78 is 0.815. The second-order valence-electron chi connectivity index (χ2n) is 6.96. The molecular formula is C22H30N6OS. The van der Waals surface area contributed by atoms with Gasteiger partial charge >= 0.3 is 0 Å². The summed E-state index contributed by atoms with van der Waals surface area (Å²) in [5.74, 6) is 0.288. The van der Waals surface area contributed by atoms with Gasteiger partial charge in [-0.3, -0.25) is 9.78 Å². The molecule has 0 aromatic carbocycles. The molecule has 1 saturated heterocycles. The first-order valence-corrected chi connectivity index (χ1v) is 11.5. The lowest BCUT2D eigenvalue weighted by molar-refractivity contribution is 0.0947. The maximum Gasteiger partial charge on any atom is 0.271 e. The van der Waals surface area contributed by atoms with Gasteiger partial charge in [0.05, 0.1) is 22.0 Å². The van der Waals surface area contributed by atoms with Gasteiger partial charge in [0.1, 0.15) is 0 Å². The van der Waals surface area contributed by atoms with Crippen LogP contribution in [0, 0.1) is 0 Å². The molecule has 0 bridgehead atoms. The number of carbonyl (C=O) groups excluding carboxylic acids is 1. The minimum Gasteiger partial charge on any atom is -0.349 e. The van der Waals surface area contributed by atoms with E-state index in [1.165, 1.54) is 24.2 Å². The Morgan fingerprint density at radius 2 is 2.00 bits per heavy atom. The highest BCUT2D eigenvalue weighted by Crippen LogP contribution is 2.25. The van der Waals surface area contributed by atoms with Gasteiger partial charge in [-0.15, -0.1) is 11.3 Å². The molecule has 1 aliphatic rings. The molecule has 7 nitrogen and oxygen atoms in total. The molecule has 2 N–H and O–H groups in total. The fourth-order valence-electron chi connectivity index (χ4n) is 3.40. The number of amides is 1. The first-order chi connectivity index (χ1) is 14.7. The van der Waals surface area contributed by atoms with Gasteiger partial charge in [-0.05, 0) is 56.4 Å². The average molecular weight is 427 g/mol. The van der Waals surface area contributed by atoms with Crippen molar-refractivity contribution in [3.8, 4) is 0 Å². The van der Waals surface area contributed by atoms with E-state index in [9.17, 15) is 4.79 Å². The van der Waals surface area contributed by atoms with Crippen molar-refractivity contribution < 1.29 is 4.79 Å². The molecule has 8 heteroatoms. The minimum atomic E-state index is -0.150. The van der Waals surface area contributed by atoms with Crippen LogP contribution in [0.2, 0.25) is 0 Å². The zero-order chi connectivity index (χ0) is 21.3. The van der Waals surface area contributed by atoms with Crippen molar-refractivity contribution >= 4 is 33.4 Å². The predicted molar refractivity (Wildman–Crippen MR) is 123 cm³/mol. The smallest absolute Gasteiger partial charge is 0.271 e. The lowest BCUT2D eigenvalue weighted by Crippen LogP contribution is -2.34. The second kappa shape index (κ2) is 11.0. The molecule has 0 saturated carbocycles. The lowest BCUT2D eigenvalue weighted by atomic mass is 10.2. The number of rotatable bonds is 7. The molecule has 0 aliphatic carbocycles. The number of likely N-dealkylation sites (tertiary alicyclic amines) is 1. The largest absolute Gasteiger partial charge is 0.349 e. The highest BCUT2D eigenvalue weighted by molar-refractivity contribution is 7.17. The first-order valence-electron chi connectivity index (χ1n) is 10.6.